The number of hydrogen-bond acceptors (Lipinski definition) is 3. The van der Waals surface area contributed by atoms with E-state index in [4.69, 9.17) is 15.6 Å². The second-order valence-electron chi connectivity index (χ2n) is 3.48. The minimum atomic E-state index is 0.00806. The smallest absolute Gasteiger partial charge is 0.129 e. The summed E-state index contributed by atoms with van der Waals surface area (Å²) < 4.78 is 5.61. The van der Waals surface area contributed by atoms with E-state index in [1.165, 1.54) is 0 Å². The molecule has 3 nitrogen and oxygen atoms in total. The van der Waals surface area contributed by atoms with Gasteiger partial charge < -0.3 is 15.6 Å². The molecule has 16 heavy (non-hydrogen) atoms. The first-order valence-corrected chi connectivity index (χ1v) is 5.01. The van der Waals surface area contributed by atoms with Crippen molar-refractivity contribution >= 4 is 5.69 Å². The third kappa shape index (κ3) is 2.52. The van der Waals surface area contributed by atoms with E-state index in [1.807, 2.05) is 30.3 Å². The van der Waals surface area contributed by atoms with E-state index in [1.54, 1.807) is 18.2 Å². The Morgan fingerprint density at radius 1 is 1.00 bits per heavy atom. The van der Waals surface area contributed by atoms with Gasteiger partial charge in [0.25, 0.3) is 0 Å². The van der Waals surface area contributed by atoms with Crippen LogP contribution in [0.3, 0.4) is 0 Å². The second kappa shape index (κ2) is 4.68. The van der Waals surface area contributed by atoms with Crippen LogP contribution >= 0.6 is 0 Å². The van der Waals surface area contributed by atoms with Crippen LogP contribution in [0, 0.1) is 0 Å². The zero-order chi connectivity index (χ0) is 11.4. The van der Waals surface area contributed by atoms with Crippen LogP contribution in [0.4, 0.5) is 5.69 Å². The van der Waals surface area contributed by atoms with Crippen molar-refractivity contribution in [2.75, 3.05) is 5.73 Å². The number of nitrogen functional groups attached to an aromatic ring is 1. The number of aliphatic hydroxyl groups excluding tert-OH is 1. The topological polar surface area (TPSA) is 55.5 Å². The predicted molar refractivity (Wildman–Crippen MR) is 63.3 cm³/mol. The first-order valence-electron chi connectivity index (χ1n) is 5.01. The minimum Gasteiger partial charge on any atom is -0.457 e. The summed E-state index contributed by atoms with van der Waals surface area (Å²) in [6, 6.07) is 14.5. The van der Waals surface area contributed by atoms with Gasteiger partial charge in [0.1, 0.15) is 11.5 Å². The normalized spacial score (nSPS) is 10.1. The van der Waals surface area contributed by atoms with Crippen LogP contribution in [-0.2, 0) is 6.61 Å². The minimum absolute atomic E-state index is 0.00806. The van der Waals surface area contributed by atoms with Gasteiger partial charge in [-0.25, -0.2) is 0 Å². The highest BCUT2D eigenvalue weighted by atomic mass is 16.5. The number of anilines is 1. The van der Waals surface area contributed by atoms with Gasteiger partial charge in [0.2, 0.25) is 0 Å². The van der Waals surface area contributed by atoms with E-state index < -0.39 is 0 Å². The Hall–Kier alpha value is -2.00. The van der Waals surface area contributed by atoms with Crippen molar-refractivity contribution in [3.05, 3.63) is 54.1 Å². The maximum atomic E-state index is 9.00. The molecule has 0 aliphatic heterocycles. The van der Waals surface area contributed by atoms with E-state index in [-0.39, 0.29) is 6.61 Å². The molecule has 0 atom stereocenters. The Labute approximate surface area is 94.1 Å². The average molecular weight is 215 g/mol. The van der Waals surface area contributed by atoms with Crippen molar-refractivity contribution in [1.29, 1.82) is 0 Å². The van der Waals surface area contributed by atoms with Crippen LogP contribution in [0.2, 0.25) is 0 Å². The van der Waals surface area contributed by atoms with Crippen molar-refractivity contribution in [3.63, 3.8) is 0 Å². The number of rotatable bonds is 3. The van der Waals surface area contributed by atoms with Gasteiger partial charge in [0.05, 0.1) is 6.61 Å². The molecule has 0 spiro atoms. The van der Waals surface area contributed by atoms with Gasteiger partial charge in [-0.3, -0.25) is 0 Å². The lowest BCUT2D eigenvalue weighted by molar-refractivity contribution is 0.281. The summed E-state index contributed by atoms with van der Waals surface area (Å²) in [5.41, 5.74) is 7.13. The van der Waals surface area contributed by atoms with Crippen molar-refractivity contribution in [2.24, 2.45) is 0 Å². The third-order valence-corrected chi connectivity index (χ3v) is 2.17. The standard InChI is InChI=1S/C13H13NO2/c14-11-4-2-6-13(8-11)16-12-5-1-3-10(7-12)9-15/h1-8,15H,9,14H2. The van der Waals surface area contributed by atoms with Crippen LogP contribution in [0.1, 0.15) is 5.56 Å². The Bertz CT molecular complexity index is 483. The molecule has 0 heterocycles. The summed E-state index contributed by atoms with van der Waals surface area (Å²) in [6.45, 7) is 0.00806. The maximum Gasteiger partial charge on any atom is 0.129 e. The molecule has 82 valence electrons. The lowest BCUT2D eigenvalue weighted by atomic mass is 10.2. The number of ether oxygens (including phenoxy) is 1. The molecule has 0 fully saturated rings. The molecule has 2 aromatic carbocycles. The largest absolute Gasteiger partial charge is 0.457 e. The summed E-state index contributed by atoms with van der Waals surface area (Å²) >= 11 is 0. The third-order valence-electron chi connectivity index (χ3n) is 2.17. The van der Waals surface area contributed by atoms with Crippen LogP contribution in [0.25, 0.3) is 0 Å². The fourth-order valence-electron chi connectivity index (χ4n) is 1.42. The van der Waals surface area contributed by atoms with Gasteiger partial charge in [-0.05, 0) is 29.8 Å². The highest BCUT2D eigenvalue weighted by Gasteiger charge is 1.98. The fourth-order valence-corrected chi connectivity index (χ4v) is 1.42. The molecule has 0 bridgehead atoms. The molecule has 0 radical (unpaired) electrons. The molecule has 0 aliphatic carbocycles. The molecule has 0 amide bonds. The Kier molecular flexibility index (Phi) is 3.08. The van der Waals surface area contributed by atoms with Gasteiger partial charge in [-0.2, -0.15) is 0 Å². The molecule has 0 saturated carbocycles. The first-order chi connectivity index (χ1) is 7.78. The lowest BCUT2D eigenvalue weighted by Crippen LogP contribution is -1.89. The zero-order valence-electron chi connectivity index (χ0n) is 8.76. The Balaban J connectivity index is 2.20. The van der Waals surface area contributed by atoms with Crippen molar-refractivity contribution in [2.45, 2.75) is 6.61 Å². The summed E-state index contributed by atoms with van der Waals surface area (Å²) in [5, 5.41) is 9.00. The van der Waals surface area contributed by atoms with Gasteiger partial charge in [-0.15, -0.1) is 0 Å². The van der Waals surface area contributed by atoms with E-state index in [0.717, 1.165) is 5.56 Å². The average Bonchev–Trinajstić information content (AvgIpc) is 2.29. The SMILES string of the molecule is Nc1cccc(Oc2cccc(CO)c2)c1. The maximum absolute atomic E-state index is 9.00. The molecule has 0 unspecified atom stereocenters. The van der Waals surface area contributed by atoms with Gasteiger partial charge in [0, 0.05) is 11.8 Å². The zero-order valence-corrected chi connectivity index (χ0v) is 8.76. The lowest BCUT2D eigenvalue weighted by Gasteiger charge is -2.07. The molecule has 3 heteroatoms. The quantitative estimate of drug-likeness (QED) is 0.773. The molecule has 3 N–H and O–H groups in total. The second-order valence-corrected chi connectivity index (χ2v) is 3.48. The fraction of sp³-hybridized carbons (Fsp3) is 0.0769. The van der Waals surface area contributed by atoms with E-state index >= 15 is 0 Å². The van der Waals surface area contributed by atoms with Crippen LogP contribution in [0.5, 0.6) is 11.5 Å². The van der Waals surface area contributed by atoms with Crippen molar-refractivity contribution < 1.29 is 9.84 Å². The molecule has 0 saturated heterocycles. The van der Waals surface area contributed by atoms with Gasteiger partial charge in [0.15, 0.2) is 0 Å². The molecule has 0 aliphatic rings. The highest BCUT2D eigenvalue weighted by Crippen LogP contribution is 2.23. The first kappa shape index (κ1) is 10.5. The number of aliphatic hydroxyl groups is 1. The molecular formula is C13H13NO2. The van der Waals surface area contributed by atoms with Crippen molar-refractivity contribution in [3.8, 4) is 11.5 Å². The van der Waals surface area contributed by atoms with Gasteiger partial charge in [-0.1, -0.05) is 18.2 Å². The number of benzene rings is 2. The predicted octanol–water partition coefficient (Wildman–Crippen LogP) is 2.55. The van der Waals surface area contributed by atoms with E-state index in [2.05, 4.69) is 0 Å². The Morgan fingerprint density at radius 2 is 1.69 bits per heavy atom. The van der Waals surface area contributed by atoms with Crippen LogP contribution in [0.15, 0.2) is 48.5 Å². The summed E-state index contributed by atoms with van der Waals surface area (Å²) in [7, 11) is 0. The summed E-state index contributed by atoms with van der Waals surface area (Å²) in [4.78, 5) is 0. The highest BCUT2D eigenvalue weighted by molar-refractivity contribution is 5.45. The van der Waals surface area contributed by atoms with Crippen LogP contribution < -0.4 is 10.5 Å². The summed E-state index contributed by atoms with van der Waals surface area (Å²) in [5.74, 6) is 1.38. The van der Waals surface area contributed by atoms with E-state index in [0.29, 0.717) is 17.2 Å². The van der Waals surface area contributed by atoms with Gasteiger partial charge >= 0.3 is 0 Å². The Morgan fingerprint density at radius 3 is 2.38 bits per heavy atom. The molecule has 2 aromatic rings. The summed E-state index contributed by atoms with van der Waals surface area (Å²) in [6.07, 6.45) is 0. The molecule has 0 aromatic heterocycles. The number of hydrogen-bond donors (Lipinski definition) is 2. The van der Waals surface area contributed by atoms with Crippen LogP contribution in [-0.4, -0.2) is 5.11 Å². The molecular weight excluding hydrogens is 202 g/mol. The van der Waals surface area contributed by atoms with E-state index in [9.17, 15) is 0 Å². The molecule has 2 rings (SSSR count). The monoisotopic (exact) mass is 215 g/mol. The van der Waals surface area contributed by atoms with Crippen molar-refractivity contribution in [1.82, 2.24) is 0 Å². The number of nitrogens with two attached hydrogens (primary N) is 1.